The van der Waals surface area contributed by atoms with E-state index < -0.39 is 5.91 Å². The number of hydrogen-bond donors (Lipinski definition) is 4. The predicted octanol–water partition coefficient (Wildman–Crippen LogP) is 2.37. The third kappa shape index (κ3) is 4.27. The fourth-order valence-electron chi connectivity index (χ4n) is 2.79. The molecule has 2 heterocycles. The van der Waals surface area contributed by atoms with E-state index in [1.54, 1.807) is 18.2 Å². The first-order chi connectivity index (χ1) is 12.0. The number of hydrogen-bond acceptors (Lipinski definition) is 6. The van der Waals surface area contributed by atoms with Gasteiger partial charge in [0.2, 0.25) is 5.91 Å². The first-order valence-corrected chi connectivity index (χ1v) is 8.99. The van der Waals surface area contributed by atoms with Gasteiger partial charge in [0.1, 0.15) is 11.0 Å². The number of nitrogens with zero attached hydrogens (tertiary/aromatic N) is 1. The average molecular weight is 359 g/mol. The van der Waals surface area contributed by atoms with Crippen LogP contribution in [0.1, 0.15) is 35.3 Å². The van der Waals surface area contributed by atoms with E-state index in [1.807, 2.05) is 13.0 Å². The molecule has 5 N–H and O–H groups in total. The number of nitrogens with one attached hydrogen (secondary N) is 3. The zero-order valence-electron chi connectivity index (χ0n) is 14.0. The molecule has 2 amide bonds. The van der Waals surface area contributed by atoms with Crippen LogP contribution >= 0.6 is 11.5 Å². The zero-order chi connectivity index (χ0) is 17.8. The summed E-state index contributed by atoms with van der Waals surface area (Å²) in [5.74, 6) is -0.508. The molecule has 0 spiro atoms. The number of carbonyl (C=O) groups is 2. The molecule has 3 rings (SSSR count). The molecule has 1 aromatic carbocycles. The number of aromatic nitrogens is 1. The first-order valence-electron chi connectivity index (χ1n) is 8.21. The van der Waals surface area contributed by atoms with E-state index in [1.165, 1.54) is 11.5 Å². The van der Waals surface area contributed by atoms with Gasteiger partial charge in [-0.3, -0.25) is 9.59 Å². The second-order valence-electron chi connectivity index (χ2n) is 6.07. The van der Waals surface area contributed by atoms with Crippen molar-refractivity contribution in [1.82, 2.24) is 9.69 Å². The number of benzene rings is 1. The highest BCUT2D eigenvalue weighted by molar-refractivity contribution is 7.10. The van der Waals surface area contributed by atoms with Gasteiger partial charge in [-0.25, -0.2) is 0 Å². The average Bonchev–Trinajstić information content (AvgIpc) is 2.87. The van der Waals surface area contributed by atoms with Crippen LogP contribution in [0.2, 0.25) is 0 Å². The molecule has 1 aromatic heterocycles. The summed E-state index contributed by atoms with van der Waals surface area (Å²) >= 11 is 1.31. The molecule has 1 aliphatic heterocycles. The van der Waals surface area contributed by atoms with Crippen molar-refractivity contribution in [3.63, 3.8) is 0 Å². The molecule has 132 valence electrons. The summed E-state index contributed by atoms with van der Waals surface area (Å²) in [6.45, 7) is 2.62. The van der Waals surface area contributed by atoms with Gasteiger partial charge in [0.25, 0.3) is 5.91 Å². The van der Waals surface area contributed by atoms with Crippen molar-refractivity contribution in [3.8, 4) is 0 Å². The maximum absolute atomic E-state index is 12.1. The normalized spacial score (nSPS) is 17.5. The topological polar surface area (TPSA) is 109 Å². The highest BCUT2D eigenvalue weighted by Crippen LogP contribution is 2.28. The Balaban J connectivity index is 1.84. The van der Waals surface area contributed by atoms with E-state index in [0.29, 0.717) is 11.3 Å². The van der Waals surface area contributed by atoms with Gasteiger partial charge in [0.05, 0.1) is 16.9 Å². The van der Waals surface area contributed by atoms with E-state index in [4.69, 9.17) is 5.73 Å². The summed E-state index contributed by atoms with van der Waals surface area (Å²) in [4.78, 5) is 23.8. The van der Waals surface area contributed by atoms with Crippen LogP contribution in [0.15, 0.2) is 24.3 Å². The van der Waals surface area contributed by atoms with Gasteiger partial charge >= 0.3 is 0 Å². The molecule has 1 aliphatic rings. The van der Waals surface area contributed by atoms with E-state index in [9.17, 15) is 9.59 Å². The van der Waals surface area contributed by atoms with Crippen molar-refractivity contribution < 1.29 is 9.59 Å². The molecule has 1 atom stereocenters. The Hall–Kier alpha value is -2.61. The minimum Gasteiger partial charge on any atom is -0.374 e. The van der Waals surface area contributed by atoms with Crippen LogP contribution in [0.5, 0.6) is 0 Å². The number of anilines is 3. The van der Waals surface area contributed by atoms with Crippen LogP contribution in [0, 0.1) is 6.92 Å². The molecular formula is C17H21N5O2S. The third-order valence-electron chi connectivity index (χ3n) is 4.05. The second kappa shape index (κ2) is 7.52. The van der Waals surface area contributed by atoms with E-state index in [2.05, 4.69) is 20.3 Å². The molecule has 1 saturated heterocycles. The zero-order valence-corrected chi connectivity index (χ0v) is 14.8. The van der Waals surface area contributed by atoms with Gasteiger partial charge in [-0.2, -0.15) is 4.37 Å². The summed E-state index contributed by atoms with van der Waals surface area (Å²) in [6.07, 6.45) is 2.75. The number of carbonyl (C=O) groups excluding carboxylic acids is 2. The summed E-state index contributed by atoms with van der Waals surface area (Å²) < 4.78 is 4.22. The number of rotatable bonds is 5. The fraction of sp³-hybridized carbons (Fsp3) is 0.353. The van der Waals surface area contributed by atoms with Crippen LogP contribution in [-0.4, -0.2) is 28.8 Å². The van der Waals surface area contributed by atoms with Gasteiger partial charge in [0, 0.05) is 12.2 Å². The molecule has 0 bridgehead atoms. The summed E-state index contributed by atoms with van der Waals surface area (Å²) in [6, 6.07) is 6.85. The maximum Gasteiger partial charge on any atom is 0.250 e. The van der Waals surface area contributed by atoms with Crippen molar-refractivity contribution in [1.29, 1.82) is 0 Å². The molecule has 1 unspecified atom stereocenters. The van der Waals surface area contributed by atoms with E-state index in [0.717, 1.165) is 42.2 Å². The minimum atomic E-state index is -0.512. The monoisotopic (exact) mass is 359 g/mol. The highest BCUT2D eigenvalue weighted by Gasteiger charge is 2.21. The Morgan fingerprint density at radius 3 is 2.92 bits per heavy atom. The minimum absolute atomic E-state index is 0.00377. The van der Waals surface area contributed by atoms with E-state index in [-0.39, 0.29) is 11.9 Å². The lowest BCUT2D eigenvalue weighted by molar-refractivity contribution is -0.121. The van der Waals surface area contributed by atoms with Crippen LogP contribution < -0.4 is 21.7 Å². The summed E-state index contributed by atoms with van der Waals surface area (Å²) in [5.41, 5.74) is 8.12. The Morgan fingerprint density at radius 2 is 2.20 bits per heavy atom. The van der Waals surface area contributed by atoms with Crippen LogP contribution in [0.4, 0.5) is 16.4 Å². The standard InChI is InChI=1S/C17H21N5O2S/c1-10-8-15(25-22-10)21-14-9-11(5-6-12(14)16(18)23)20-13-4-2-3-7-19-17(13)24/h5-6,8-9,13,20-21H,2-4,7H2,1H3,(H2,18,23)(H,19,24). The Kier molecular flexibility index (Phi) is 5.18. The molecule has 1 fully saturated rings. The maximum atomic E-state index is 12.1. The fourth-order valence-corrected chi connectivity index (χ4v) is 3.46. The largest absolute Gasteiger partial charge is 0.374 e. The van der Waals surface area contributed by atoms with E-state index >= 15 is 0 Å². The summed E-state index contributed by atoms with van der Waals surface area (Å²) in [5, 5.41) is 10.2. The smallest absolute Gasteiger partial charge is 0.250 e. The highest BCUT2D eigenvalue weighted by atomic mass is 32.1. The van der Waals surface area contributed by atoms with Crippen molar-refractivity contribution in [3.05, 3.63) is 35.5 Å². The predicted molar refractivity (Wildman–Crippen MR) is 99.4 cm³/mol. The molecular weight excluding hydrogens is 338 g/mol. The number of primary amides is 1. The Morgan fingerprint density at radius 1 is 1.36 bits per heavy atom. The number of nitrogens with two attached hydrogens (primary N) is 1. The van der Waals surface area contributed by atoms with Gasteiger partial charge in [-0.15, -0.1) is 0 Å². The lowest BCUT2D eigenvalue weighted by atomic mass is 10.1. The van der Waals surface area contributed by atoms with Crippen LogP contribution in [0.25, 0.3) is 0 Å². The summed E-state index contributed by atoms with van der Waals surface area (Å²) in [7, 11) is 0. The molecule has 7 nitrogen and oxygen atoms in total. The van der Waals surface area contributed by atoms with Gasteiger partial charge in [-0.1, -0.05) is 0 Å². The molecule has 25 heavy (non-hydrogen) atoms. The van der Waals surface area contributed by atoms with Gasteiger partial charge in [0.15, 0.2) is 0 Å². The molecule has 0 aliphatic carbocycles. The first kappa shape index (κ1) is 17.2. The van der Waals surface area contributed by atoms with Crippen molar-refractivity contribution in [2.45, 2.75) is 32.2 Å². The lowest BCUT2D eigenvalue weighted by Crippen LogP contribution is -2.37. The second-order valence-corrected chi connectivity index (χ2v) is 6.87. The molecule has 8 heteroatoms. The number of aryl methyl sites for hydroxylation is 1. The van der Waals surface area contributed by atoms with Crippen molar-refractivity contribution in [2.24, 2.45) is 5.73 Å². The van der Waals surface area contributed by atoms with Crippen LogP contribution in [0.3, 0.4) is 0 Å². The van der Waals surface area contributed by atoms with Crippen molar-refractivity contribution >= 4 is 39.7 Å². The lowest BCUT2D eigenvalue weighted by Gasteiger charge is -2.18. The Labute approximate surface area is 150 Å². The van der Waals surface area contributed by atoms with Gasteiger partial charge < -0.3 is 21.7 Å². The van der Waals surface area contributed by atoms with Crippen molar-refractivity contribution in [2.75, 3.05) is 17.2 Å². The van der Waals surface area contributed by atoms with Gasteiger partial charge in [-0.05, 0) is 62.0 Å². The van der Waals surface area contributed by atoms with Crippen LogP contribution in [-0.2, 0) is 4.79 Å². The quantitative estimate of drug-likeness (QED) is 0.655. The molecule has 0 radical (unpaired) electrons. The third-order valence-corrected chi connectivity index (χ3v) is 4.84. The molecule has 2 aromatic rings. The Bertz CT molecular complexity index is 789. The molecule has 0 saturated carbocycles. The number of amides is 2. The SMILES string of the molecule is Cc1cc(Nc2cc(NC3CCCCNC3=O)ccc2C(N)=O)sn1.